The molecular formula is C32H30O6. The van der Waals surface area contributed by atoms with Crippen LogP contribution in [-0.2, 0) is 25.7 Å². The number of methoxy groups -OCH3 is 2. The number of ether oxygens (including phenoxy) is 6. The molecule has 4 aromatic carbocycles. The number of fused-ring (bicyclic) bond motifs is 2. The van der Waals surface area contributed by atoms with Crippen LogP contribution in [0.4, 0.5) is 0 Å². The van der Waals surface area contributed by atoms with Crippen LogP contribution >= 0.6 is 0 Å². The Kier molecular flexibility index (Phi) is 6.69. The van der Waals surface area contributed by atoms with Crippen molar-refractivity contribution in [3.05, 3.63) is 95.1 Å². The zero-order valence-electron chi connectivity index (χ0n) is 21.6. The van der Waals surface area contributed by atoms with Crippen molar-refractivity contribution in [2.45, 2.75) is 25.7 Å². The maximum Gasteiger partial charge on any atom is 0.231 e. The van der Waals surface area contributed by atoms with Crippen molar-refractivity contribution in [2.75, 3.05) is 27.8 Å². The highest BCUT2D eigenvalue weighted by Crippen LogP contribution is 2.43. The second-order valence-electron chi connectivity index (χ2n) is 9.46. The van der Waals surface area contributed by atoms with Gasteiger partial charge in [0.05, 0.1) is 14.2 Å². The Labute approximate surface area is 222 Å². The Hall–Kier alpha value is -4.32. The Morgan fingerprint density at radius 2 is 0.974 bits per heavy atom. The van der Waals surface area contributed by atoms with E-state index in [1.54, 1.807) is 14.2 Å². The van der Waals surface area contributed by atoms with Gasteiger partial charge in [-0.3, -0.25) is 0 Å². The van der Waals surface area contributed by atoms with Crippen molar-refractivity contribution < 1.29 is 28.4 Å². The van der Waals surface area contributed by atoms with Crippen molar-refractivity contribution in [1.82, 2.24) is 0 Å². The summed E-state index contributed by atoms with van der Waals surface area (Å²) < 4.78 is 33.2. The first-order valence-corrected chi connectivity index (χ1v) is 12.8. The van der Waals surface area contributed by atoms with Gasteiger partial charge in [-0.15, -0.1) is 0 Å². The predicted molar refractivity (Wildman–Crippen MR) is 145 cm³/mol. The molecule has 4 aromatic rings. The Morgan fingerprint density at radius 1 is 0.526 bits per heavy atom. The topological polar surface area (TPSA) is 55.4 Å². The van der Waals surface area contributed by atoms with Gasteiger partial charge in [0.25, 0.3) is 0 Å². The highest BCUT2D eigenvalue weighted by Gasteiger charge is 2.21. The third-order valence-electron chi connectivity index (χ3n) is 7.03. The highest BCUT2D eigenvalue weighted by molar-refractivity contribution is 5.65. The molecule has 0 aliphatic carbocycles. The minimum atomic E-state index is 0.237. The average molecular weight is 511 g/mol. The molecule has 0 fully saturated rings. The lowest BCUT2D eigenvalue weighted by atomic mass is 9.96. The molecule has 194 valence electrons. The number of benzene rings is 4. The molecule has 6 heteroatoms. The summed E-state index contributed by atoms with van der Waals surface area (Å²) in [7, 11) is 3.31. The van der Waals surface area contributed by atoms with Gasteiger partial charge in [0.2, 0.25) is 25.1 Å². The average Bonchev–Trinajstić information content (AvgIpc) is 3.64. The summed E-state index contributed by atoms with van der Waals surface area (Å²) in [5.41, 5.74) is 7.35. The van der Waals surface area contributed by atoms with E-state index in [1.165, 1.54) is 33.4 Å². The first kappa shape index (κ1) is 24.0. The molecule has 0 radical (unpaired) electrons. The molecule has 2 aliphatic heterocycles. The van der Waals surface area contributed by atoms with Gasteiger partial charge in [0.15, 0.2) is 23.0 Å². The van der Waals surface area contributed by atoms with Crippen molar-refractivity contribution >= 4 is 0 Å². The van der Waals surface area contributed by atoms with E-state index in [4.69, 9.17) is 28.4 Å². The molecular weight excluding hydrogens is 480 g/mol. The first-order valence-electron chi connectivity index (χ1n) is 12.8. The van der Waals surface area contributed by atoms with Crippen LogP contribution < -0.4 is 28.4 Å². The number of hydrogen-bond donors (Lipinski definition) is 0. The van der Waals surface area contributed by atoms with E-state index in [0.717, 1.165) is 48.7 Å². The fraction of sp³-hybridized carbons (Fsp3) is 0.250. The van der Waals surface area contributed by atoms with Gasteiger partial charge < -0.3 is 28.4 Å². The highest BCUT2D eigenvalue weighted by atomic mass is 16.7. The predicted octanol–water partition coefficient (Wildman–Crippen LogP) is 6.40. The van der Waals surface area contributed by atoms with Gasteiger partial charge in [-0.1, -0.05) is 48.5 Å². The van der Waals surface area contributed by atoms with Gasteiger partial charge in [-0.25, -0.2) is 0 Å². The monoisotopic (exact) mass is 510 g/mol. The lowest BCUT2D eigenvalue weighted by Gasteiger charge is -2.11. The quantitative estimate of drug-likeness (QED) is 0.260. The molecule has 6 rings (SSSR count). The molecule has 0 aromatic heterocycles. The smallest absolute Gasteiger partial charge is 0.231 e. The number of rotatable bonds is 9. The van der Waals surface area contributed by atoms with Gasteiger partial charge in [0.1, 0.15) is 0 Å². The van der Waals surface area contributed by atoms with Crippen LogP contribution in [0.2, 0.25) is 0 Å². The normalized spacial score (nSPS) is 13.0. The van der Waals surface area contributed by atoms with Crippen molar-refractivity contribution in [2.24, 2.45) is 0 Å². The zero-order valence-corrected chi connectivity index (χ0v) is 21.6. The molecule has 38 heavy (non-hydrogen) atoms. The fourth-order valence-electron chi connectivity index (χ4n) is 5.05. The van der Waals surface area contributed by atoms with Gasteiger partial charge >= 0.3 is 0 Å². The summed E-state index contributed by atoms with van der Waals surface area (Å²) in [6.07, 6.45) is 3.61. The lowest BCUT2D eigenvalue weighted by molar-refractivity contribution is 0.171. The van der Waals surface area contributed by atoms with E-state index in [-0.39, 0.29) is 13.6 Å². The maximum absolute atomic E-state index is 5.58. The van der Waals surface area contributed by atoms with Crippen molar-refractivity contribution in [3.63, 3.8) is 0 Å². The summed E-state index contributed by atoms with van der Waals surface area (Å²) in [6.45, 7) is 0.474. The van der Waals surface area contributed by atoms with E-state index >= 15 is 0 Å². The van der Waals surface area contributed by atoms with Gasteiger partial charge in [-0.05, 0) is 83.3 Å². The largest absolute Gasteiger partial charge is 0.493 e. The van der Waals surface area contributed by atoms with Crippen LogP contribution in [-0.4, -0.2) is 27.8 Å². The van der Waals surface area contributed by atoms with E-state index in [9.17, 15) is 0 Å². The van der Waals surface area contributed by atoms with Crippen molar-refractivity contribution in [1.29, 1.82) is 0 Å². The summed E-state index contributed by atoms with van der Waals surface area (Å²) in [6, 6.07) is 25.7. The van der Waals surface area contributed by atoms with Crippen LogP contribution in [0.3, 0.4) is 0 Å². The van der Waals surface area contributed by atoms with Crippen LogP contribution in [0.15, 0.2) is 72.8 Å². The number of aryl methyl sites for hydroxylation is 4. The third-order valence-corrected chi connectivity index (χ3v) is 7.03. The van der Waals surface area contributed by atoms with E-state index in [2.05, 4.69) is 48.5 Å². The van der Waals surface area contributed by atoms with Gasteiger partial charge in [0, 0.05) is 0 Å². The summed E-state index contributed by atoms with van der Waals surface area (Å²) in [5, 5.41) is 0. The number of hydrogen-bond acceptors (Lipinski definition) is 6. The van der Waals surface area contributed by atoms with E-state index in [1.807, 2.05) is 24.3 Å². The second-order valence-corrected chi connectivity index (χ2v) is 9.46. The van der Waals surface area contributed by atoms with Crippen LogP contribution in [0.5, 0.6) is 34.5 Å². The summed E-state index contributed by atoms with van der Waals surface area (Å²) in [5.74, 6) is 4.33. The molecule has 0 N–H and O–H groups in total. The first-order chi connectivity index (χ1) is 18.7. The molecule has 0 spiro atoms. The molecule has 0 saturated heterocycles. The van der Waals surface area contributed by atoms with Gasteiger partial charge in [-0.2, -0.15) is 0 Å². The van der Waals surface area contributed by atoms with E-state index < -0.39 is 0 Å². The minimum absolute atomic E-state index is 0.237. The molecule has 0 atom stereocenters. The van der Waals surface area contributed by atoms with Crippen LogP contribution in [0.1, 0.15) is 22.3 Å². The second kappa shape index (κ2) is 10.6. The Morgan fingerprint density at radius 3 is 1.42 bits per heavy atom. The zero-order chi connectivity index (χ0) is 25.9. The standard InChI is InChI=1S/C32H30O6/c1-33-27-15-23(17-29-31(27)37-19-35-29)11-9-21-5-3-7-25(13-21)26-8-4-6-22(14-26)10-12-24-16-28(34-2)32-30(18-24)36-20-38-32/h3-8,13-18H,9-12,19-20H2,1-2H3. The van der Waals surface area contributed by atoms with Crippen molar-refractivity contribution in [3.8, 4) is 45.6 Å². The third kappa shape index (κ3) is 4.94. The summed E-state index contributed by atoms with van der Waals surface area (Å²) in [4.78, 5) is 0. The molecule has 0 saturated carbocycles. The van der Waals surface area contributed by atoms with Crippen LogP contribution in [0.25, 0.3) is 11.1 Å². The molecule has 0 bridgehead atoms. The lowest BCUT2D eigenvalue weighted by Crippen LogP contribution is -1.95. The summed E-state index contributed by atoms with van der Waals surface area (Å²) >= 11 is 0. The van der Waals surface area contributed by atoms with E-state index in [0.29, 0.717) is 11.5 Å². The molecule has 6 nitrogen and oxygen atoms in total. The fourth-order valence-corrected chi connectivity index (χ4v) is 5.05. The Balaban J connectivity index is 1.14. The Bertz CT molecular complexity index is 1350. The molecule has 0 amide bonds. The van der Waals surface area contributed by atoms with Crippen LogP contribution in [0, 0.1) is 0 Å². The minimum Gasteiger partial charge on any atom is -0.493 e. The maximum atomic E-state index is 5.58. The molecule has 2 heterocycles. The molecule has 0 unspecified atom stereocenters. The molecule has 2 aliphatic rings. The SMILES string of the molecule is COc1cc(CCc2cccc(-c3cccc(CCc4cc(OC)c5c(c4)OCO5)c3)c2)cc2c1OCO2.